The average Bonchev–Trinajstić information content (AvgIpc) is 3.13. The quantitative estimate of drug-likeness (QED) is 0.746. The van der Waals surface area contributed by atoms with E-state index >= 15 is 0 Å². The number of nitrogens with one attached hydrogen (secondary N) is 1. The monoisotopic (exact) mass is 344 g/mol. The topological polar surface area (TPSA) is 63.9 Å². The van der Waals surface area contributed by atoms with Gasteiger partial charge >= 0.3 is 0 Å². The van der Waals surface area contributed by atoms with Crippen LogP contribution < -0.4 is 14.8 Å². The highest BCUT2D eigenvalue weighted by atomic mass is 16.5. The Hall–Kier alpha value is -2.73. The van der Waals surface area contributed by atoms with E-state index in [0.717, 1.165) is 11.3 Å². The minimum absolute atomic E-state index is 0.0238. The fraction of sp³-hybridized carbons (Fsp3) is 0.316. The highest BCUT2D eigenvalue weighted by Crippen LogP contribution is 2.23. The summed E-state index contributed by atoms with van der Waals surface area (Å²) in [7, 11) is 7.06. The predicted octanol–water partition coefficient (Wildman–Crippen LogP) is 2.73. The van der Waals surface area contributed by atoms with Crippen molar-refractivity contribution in [2.24, 2.45) is 0 Å². The summed E-state index contributed by atoms with van der Waals surface area (Å²) in [5, 5.41) is 2.89. The number of nitrogens with zero attached hydrogens (tertiary/aromatic N) is 1. The maximum absolute atomic E-state index is 12.1. The third-order valence-corrected chi connectivity index (χ3v) is 3.77. The number of carbonyl (C=O) groups is 1. The van der Waals surface area contributed by atoms with E-state index in [-0.39, 0.29) is 11.9 Å². The molecule has 1 unspecified atom stereocenters. The van der Waals surface area contributed by atoms with Crippen LogP contribution in [-0.2, 0) is 4.79 Å². The molecule has 6 nitrogen and oxygen atoms in total. The molecular formula is C19H24N2O4. The molecule has 0 radical (unpaired) electrons. The number of rotatable bonds is 8. The van der Waals surface area contributed by atoms with Crippen LogP contribution in [0.5, 0.6) is 11.5 Å². The van der Waals surface area contributed by atoms with Crippen LogP contribution in [-0.4, -0.2) is 45.7 Å². The molecule has 134 valence electrons. The van der Waals surface area contributed by atoms with E-state index in [1.807, 2.05) is 43.3 Å². The Kier molecular flexibility index (Phi) is 6.65. The summed E-state index contributed by atoms with van der Waals surface area (Å²) in [6.07, 6.45) is 4.84. The van der Waals surface area contributed by atoms with Gasteiger partial charge in [-0.05, 0) is 50.0 Å². The molecule has 2 aromatic rings. The predicted molar refractivity (Wildman–Crippen MR) is 96.7 cm³/mol. The van der Waals surface area contributed by atoms with Crippen LogP contribution in [0.3, 0.4) is 0 Å². The first-order valence-corrected chi connectivity index (χ1v) is 7.92. The minimum Gasteiger partial charge on any atom is -0.497 e. The van der Waals surface area contributed by atoms with Crippen LogP contribution in [0.2, 0.25) is 0 Å². The molecule has 2 rings (SSSR count). The minimum atomic E-state index is -0.180. The van der Waals surface area contributed by atoms with Crippen molar-refractivity contribution in [3.8, 4) is 11.5 Å². The van der Waals surface area contributed by atoms with E-state index in [0.29, 0.717) is 18.0 Å². The van der Waals surface area contributed by atoms with E-state index in [1.165, 1.54) is 6.08 Å². The zero-order valence-electron chi connectivity index (χ0n) is 15.0. The van der Waals surface area contributed by atoms with Gasteiger partial charge in [-0.1, -0.05) is 0 Å². The van der Waals surface area contributed by atoms with Crippen molar-refractivity contribution in [1.29, 1.82) is 0 Å². The van der Waals surface area contributed by atoms with Crippen LogP contribution in [0.4, 0.5) is 0 Å². The number of ether oxygens (including phenoxy) is 2. The lowest BCUT2D eigenvalue weighted by Gasteiger charge is -2.22. The normalized spacial score (nSPS) is 12.4. The molecular weight excluding hydrogens is 320 g/mol. The van der Waals surface area contributed by atoms with Crippen molar-refractivity contribution in [2.45, 2.75) is 6.04 Å². The number of methoxy groups -OCH3 is 2. The molecule has 0 bridgehead atoms. The number of hydrogen-bond acceptors (Lipinski definition) is 5. The van der Waals surface area contributed by atoms with E-state index in [2.05, 4.69) is 5.32 Å². The first kappa shape index (κ1) is 18.6. The molecule has 1 heterocycles. The molecule has 0 saturated carbocycles. The fourth-order valence-corrected chi connectivity index (χ4v) is 2.37. The summed E-state index contributed by atoms with van der Waals surface area (Å²) in [6.45, 7) is 0.450. The molecule has 6 heteroatoms. The molecule has 0 fully saturated rings. The molecule has 1 amide bonds. The van der Waals surface area contributed by atoms with Gasteiger partial charge in [0, 0.05) is 18.7 Å². The lowest BCUT2D eigenvalue weighted by atomic mass is 10.1. The van der Waals surface area contributed by atoms with Gasteiger partial charge in [0.1, 0.15) is 17.3 Å². The molecule has 25 heavy (non-hydrogen) atoms. The molecule has 0 aliphatic carbocycles. The van der Waals surface area contributed by atoms with Crippen molar-refractivity contribution in [1.82, 2.24) is 10.2 Å². The van der Waals surface area contributed by atoms with Gasteiger partial charge in [0.05, 0.1) is 26.5 Å². The van der Waals surface area contributed by atoms with Gasteiger partial charge in [-0.15, -0.1) is 0 Å². The molecule has 0 aliphatic rings. The van der Waals surface area contributed by atoms with Crippen LogP contribution in [0.15, 0.2) is 47.1 Å². The molecule has 1 aromatic carbocycles. The summed E-state index contributed by atoms with van der Waals surface area (Å²) in [5.41, 5.74) is 0.821. The standard InChI is InChI=1S/C19H24N2O4/c1-21(2)17(18-6-5-9-25-18)13-20-19(22)8-7-14-10-15(23-3)12-16(11-14)24-4/h5-12,17H,13H2,1-4H3,(H,20,22)/b8-7+. The molecule has 0 spiro atoms. The van der Waals surface area contributed by atoms with E-state index in [9.17, 15) is 4.79 Å². The molecule has 1 aromatic heterocycles. The van der Waals surface area contributed by atoms with Gasteiger partial charge in [-0.25, -0.2) is 0 Å². The Morgan fingerprint density at radius 2 is 1.92 bits per heavy atom. The van der Waals surface area contributed by atoms with Crippen LogP contribution in [0.1, 0.15) is 17.4 Å². The third-order valence-electron chi connectivity index (χ3n) is 3.77. The Labute approximate surface area is 148 Å². The van der Waals surface area contributed by atoms with Gasteiger partial charge in [-0.3, -0.25) is 9.69 Å². The zero-order valence-corrected chi connectivity index (χ0v) is 15.0. The van der Waals surface area contributed by atoms with Gasteiger partial charge in [0.25, 0.3) is 0 Å². The van der Waals surface area contributed by atoms with E-state index in [1.54, 1.807) is 32.6 Å². The highest BCUT2D eigenvalue weighted by Gasteiger charge is 2.17. The Bertz CT molecular complexity index is 686. The summed E-state index contributed by atoms with van der Waals surface area (Å²) in [6, 6.07) is 9.15. The number of likely N-dealkylation sites (N-methyl/N-ethyl adjacent to an activating group) is 1. The lowest BCUT2D eigenvalue weighted by Crippen LogP contribution is -2.33. The number of amides is 1. The molecule has 1 atom stereocenters. The van der Waals surface area contributed by atoms with E-state index in [4.69, 9.17) is 13.9 Å². The SMILES string of the molecule is COc1cc(/C=C/C(=O)NCC(c2ccco2)N(C)C)cc(OC)c1. The number of hydrogen-bond donors (Lipinski definition) is 1. The summed E-state index contributed by atoms with van der Waals surface area (Å²) >= 11 is 0. The number of benzene rings is 1. The maximum atomic E-state index is 12.1. The van der Waals surface area contributed by atoms with Crippen molar-refractivity contribution in [3.63, 3.8) is 0 Å². The first-order valence-electron chi connectivity index (χ1n) is 7.92. The lowest BCUT2D eigenvalue weighted by molar-refractivity contribution is -0.116. The average molecular weight is 344 g/mol. The number of carbonyl (C=O) groups excluding carboxylic acids is 1. The van der Waals surface area contributed by atoms with Crippen molar-refractivity contribution < 1.29 is 18.7 Å². The fourth-order valence-electron chi connectivity index (χ4n) is 2.37. The van der Waals surface area contributed by atoms with E-state index < -0.39 is 0 Å². The number of furan rings is 1. The Balaban J connectivity index is 1.98. The highest BCUT2D eigenvalue weighted by molar-refractivity contribution is 5.91. The van der Waals surface area contributed by atoms with Gasteiger partial charge in [0.15, 0.2) is 0 Å². The molecule has 1 N–H and O–H groups in total. The van der Waals surface area contributed by atoms with Gasteiger partial charge in [-0.2, -0.15) is 0 Å². The van der Waals surface area contributed by atoms with Crippen molar-refractivity contribution in [3.05, 3.63) is 54.0 Å². The van der Waals surface area contributed by atoms with Crippen LogP contribution in [0.25, 0.3) is 6.08 Å². The van der Waals surface area contributed by atoms with Crippen LogP contribution in [0, 0.1) is 0 Å². The van der Waals surface area contributed by atoms with Gasteiger partial charge in [0.2, 0.25) is 5.91 Å². The zero-order chi connectivity index (χ0) is 18.2. The third kappa shape index (κ3) is 5.39. The largest absolute Gasteiger partial charge is 0.497 e. The molecule has 0 aliphatic heterocycles. The van der Waals surface area contributed by atoms with Gasteiger partial charge < -0.3 is 19.2 Å². The van der Waals surface area contributed by atoms with Crippen molar-refractivity contribution in [2.75, 3.05) is 34.9 Å². The van der Waals surface area contributed by atoms with Crippen molar-refractivity contribution >= 4 is 12.0 Å². The second-order valence-corrected chi connectivity index (χ2v) is 5.72. The molecule has 0 saturated heterocycles. The Morgan fingerprint density at radius 3 is 2.44 bits per heavy atom. The second-order valence-electron chi connectivity index (χ2n) is 5.72. The summed E-state index contributed by atoms with van der Waals surface area (Å²) < 4.78 is 15.9. The Morgan fingerprint density at radius 1 is 1.24 bits per heavy atom. The van der Waals surface area contributed by atoms with Crippen LogP contribution >= 0.6 is 0 Å². The maximum Gasteiger partial charge on any atom is 0.244 e. The summed E-state index contributed by atoms with van der Waals surface area (Å²) in [5.74, 6) is 1.97. The second kappa shape index (κ2) is 8.94. The smallest absolute Gasteiger partial charge is 0.244 e. The summed E-state index contributed by atoms with van der Waals surface area (Å²) in [4.78, 5) is 14.1. The first-order chi connectivity index (χ1) is 12.0.